The molecule has 0 saturated carbocycles. The Bertz CT molecular complexity index is 696. The minimum absolute atomic E-state index is 0.195. The van der Waals surface area contributed by atoms with Crippen molar-refractivity contribution in [2.45, 2.75) is 105 Å². The second-order valence-corrected chi connectivity index (χ2v) is 9.66. The van der Waals surface area contributed by atoms with E-state index in [1.807, 2.05) is 32.0 Å². The fourth-order valence-electron chi connectivity index (χ4n) is 3.29. The van der Waals surface area contributed by atoms with Crippen LogP contribution < -0.4 is 27.4 Å². The summed E-state index contributed by atoms with van der Waals surface area (Å²) in [7, 11) is 0. The molecular weight excluding hydrogens is 466 g/mol. The third kappa shape index (κ3) is 22.5. The summed E-state index contributed by atoms with van der Waals surface area (Å²) in [4.78, 5) is 36.3. The van der Waals surface area contributed by atoms with Gasteiger partial charge in [0.2, 0.25) is 17.7 Å². The third-order valence-electron chi connectivity index (χ3n) is 4.95. The summed E-state index contributed by atoms with van der Waals surface area (Å²) in [5.41, 5.74) is 12.2. The van der Waals surface area contributed by atoms with E-state index >= 15 is 0 Å². The normalized spacial score (nSPS) is 11.8. The molecule has 0 spiro atoms. The van der Waals surface area contributed by atoms with Crippen LogP contribution in [0.2, 0.25) is 0 Å². The SMILES string of the molecule is CC(C)C[C@H](NC(=O)CNC(=O)[C@H](CCCCN)NCCCc1ccccc1)C(N)=O.CCC.CCC. The van der Waals surface area contributed by atoms with Crippen LogP contribution in [0.25, 0.3) is 0 Å². The predicted molar refractivity (Wildman–Crippen MR) is 155 cm³/mol. The zero-order chi connectivity index (χ0) is 28.5. The fourth-order valence-corrected chi connectivity index (χ4v) is 3.29. The minimum atomic E-state index is -0.735. The molecule has 3 amide bonds. The maximum absolute atomic E-state index is 12.6. The van der Waals surface area contributed by atoms with Gasteiger partial charge in [0, 0.05) is 0 Å². The summed E-state index contributed by atoms with van der Waals surface area (Å²) >= 11 is 0. The van der Waals surface area contributed by atoms with Gasteiger partial charge in [-0.2, -0.15) is 0 Å². The fraction of sp³-hybridized carbons (Fsp3) is 0.690. The summed E-state index contributed by atoms with van der Waals surface area (Å²) in [6, 6.07) is 9.07. The number of aryl methyl sites for hydroxylation is 1. The van der Waals surface area contributed by atoms with E-state index in [4.69, 9.17) is 11.5 Å². The molecule has 0 unspecified atom stereocenters. The number of benzene rings is 1. The quantitative estimate of drug-likeness (QED) is 0.211. The molecule has 0 radical (unpaired) electrons. The van der Waals surface area contributed by atoms with Crippen molar-refractivity contribution in [3.63, 3.8) is 0 Å². The van der Waals surface area contributed by atoms with Crippen LogP contribution in [0.3, 0.4) is 0 Å². The van der Waals surface area contributed by atoms with Gasteiger partial charge in [0.05, 0.1) is 12.6 Å². The second-order valence-electron chi connectivity index (χ2n) is 9.66. The molecule has 0 fully saturated rings. The Kier molecular flexibility index (Phi) is 25.0. The van der Waals surface area contributed by atoms with E-state index in [1.165, 1.54) is 18.4 Å². The molecule has 0 aliphatic carbocycles. The number of nitrogens with one attached hydrogen (secondary N) is 3. The van der Waals surface area contributed by atoms with E-state index in [1.54, 1.807) is 0 Å². The average Bonchev–Trinajstić information content (AvgIpc) is 2.85. The summed E-state index contributed by atoms with van der Waals surface area (Å²) < 4.78 is 0. The lowest BCUT2D eigenvalue weighted by molar-refractivity contribution is -0.129. The zero-order valence-electron chi connectivity index (χ0n) is 24.3. The Morgan fingerprint density at radius 2 is 1.49 bits per heavy atom. The number of nitrogens with two attached hydrogens (primary N) is 2. The number of hydrogen-bond donors (Lipinski definition) is 5. The highest BCUT2D eigenvalue weighted by atomic mass is 16.2. The van der Waals surface area contributed by atoms with Gasteiger partial charge in [0.1, 0.15) is 6.04 Å². The highest BCUT2D eigenvalue weighted by Gasteiger charge is 2.21. The molecule has 0 aromatic heterocycles. The largest absolute Gasteiger partial charge is 0.368 e. The van der Waals surface area contributed by atoms with Gasteiger partial charge in [-0.05, 0) is 56.7 Å². The van der Waals surface area contributed by atoms with Gasteiger partial charge in [0.25, 0.3) is 0 Å². The van der Waals surface area contributed by atoms with Crippen molar-refractivity contribution in [1.82, 2.24) is 16.0 Å². The van der Waals surface area contributed by atoms with Crippen molar-refractivity contribution in [3.05, 3.63) is 35.9 Å². The van der Waals surface area contributed by atoms with E-state index in [9.17, 15) is 14.4 Å². The number of hydrogen-bond acceptors (Lipinski definition) is 5. The molecule has 0 saturated heterocycles. The van der Waals surface area contributed by atoms with Crippen molar-refractivity contribution in [2.24, 2.45) is 17.4 Å². The number of carbonyl (C=O) groups excluding carboxylic acids is 3. The molecule has 0 aliphatic heterocycles. The molecule has 8 heteroatoms. The van der Waals surface area contributed by atoms with Crippen LogP contribution in [-0.4, -0.2) is 49.4 Å². The molecule has 0 heterocycles. The zero-order valence-corrected chi connectivity index (χ0v) is 24.3. The Morgan fingerprint density at radius 3 is 2.00 bits per heavy atom. The molecule has 0 aliphatic rings. The van der Waals surface area contributed by atoms with Gasteiger partial charge < -0.3 is 27.4 Å². The monoisotopic (exact) mass is 521 g/mol. The van der Waals surface area contributed by atoms with Crippen molar-refractivity contribution in [1.29, 1.82) is 0 Å². The lowest BCUT2D eigenvalue weighted by Crippen LogP contribution is -2.51. The third-order valence-corrected chi connectivity index (χ3v) is 4.95. The standard InChI is InChI=1S/C23H39N5O3.2C3H8/c1-17(2)15-20(22(25)30)28-21(29)16-27-23(31)19(12-6-7-13-24)26-14-8-11-18-9-4-3-5-10-18;2*1-3-2/h3-5,9-10,17,19-20,26H,6-8,11-16,24H2,1-2H3,(H2,25,30)(H,27,31)(H,28,29);2*3H2,1-2H3/t19-,20-;;/m0../s1. The summed E-state index contributed by atoms with van der Waals surface area (Å²) in [6.45, 7) is 13.5. The van der Waals surface area contributed by atoms with Crippen molar-refractivity contribution in [3.8, 4) is 0 Å². The van der Waals surface area contributed by atoms with Crippen LogP contribution in [0.1, 0.15) is 92.1 Å². The van der Waals surface area contributed by atoms with Crippen LogP contribution in [0.4, 0.5) is 0 Å². The lowest BCUT2D eigenvalue weighted by Gasteiger charge is -2.20. The summed E-state index contributed by atoms with van der Waals surface area (Å²) in [5.74, 6) is -1.03. The van der Waals surface area contributed by atoms with Gasteiger partial charge in [-0.25, -0.2) is 0 Å². The van der Waals surface area contributed by atoms with E-state index in [0.29, 0.717) is 25.9 Å². The first kappa shape index (κ1) is 36.7. The highest BCUT2D eigenvalue weighted by molar-refractivity contribution is 5.90. The van der Waals surface area contributed by atoms with E-state index in [0.717, 1.165) is 25.7 Å². The second kappa shape index (κ2) is 25.2. The average molecular weight is 522 g/mol. The minimum Gasteiger partial charge on any atom is -0.368 e. The molecular formula is C29H55N5O3. The predicted octanol–water partition coefficient (Wildman–Crippen LogP) is 3.67. The van der Waals surface area contributed by atoms with Gasteiger partial charge in [-0.3, -0.25) is 14.4 Å². The van der Waals surface area contributed by atoms with Crippen LogP contribution in [-0.2, 0) is 20.8 Å². The number of carbonyl (C=O) groups is 3. The van der Waals surface area contributed by atoms with Crippen molar-refractivity contribution >= 4 is 17.7 Å². The maximum atomic E-state index is 12.6. The first-order valence-corrected chi connectivity index (χ1v) is 14.0. The Morgan fingerprint density at radius 1 is 0.892 bits per heavy atom. The van der Waals surface area contributed by atoms with Crippen LogP contribution >= 0.6 is 0 Å². The number of unbranched alkanes of at least 4 members (excludes halogenated alkanes) is 1. The van der Waals surface area contributed by atoms with Crippen LogP contribution in [0, 0.1) is 5.92 Å². The van der Waals surface area contributed by atoms with E-state index in [-0.39, 0.29) is 18.4 Å². The van der Waals surface area contributed by atoms with Crippen LogP contribution in [0.15, 0.2) is 30.3 Å². The Hall–Kier alpha value is -2.45. The molecule has 1 rings (SSSR count). The lowest BCUT2D eigenvalue weighted by atomic mass is 10.0. The van der Waals surface area contributed by atoms with Crippen LogP contribution in [0.5, 0.6) is 0 Å². The van der Waals surface area contributed by atoms with E-state index < -0.39 is 23.9 Å². The van der Waals surface area contributed by atoms with Crippen molar-refractivity contribution in [2.75, 3.05) is 19.6 Å². The van der Waals surface area contributed by atoms with Gasteiger partial charge in [-0.15, -0.1) is 0 Å². The molecule has 37 heavy (non-hydrogen) atoms. The maximum Gasteiger partial charge on any atom is 0.240 e. The summed E-state index contributed by atoms with van der Waals surface area (Å²) in [5, 5.41) is 8.57. The molecule has 2 atom stereocenters. The molecule has 214 valence electrons. The first-order chi connectivity index (χ1) is 17.7. The molecule has 1 aromatic carbocycles. The number of rotatable bonds is 16. The Balaban J connectivity index is 0. The molecule has 8 nitrogen and oxygen atoms in total. The molecule has 7 N–H and O–H groups in total. The number of amides is 3. The summed E-state index contributed by atoms with van der Waals surface area (Å²) in [6.07, 6.45) is 7.10. The smallest absolute Gasteiger partial charge is 0.240 e. The molecule has 0 bridgehead atoms. The molecule has 1 aromatic rings. The van der Waals surface area contributed by atoms with Gasteiger partial charge in [-0.1, -0.05) is 91.1 Å². The Labute approximate surface area is 226 Å². The van der Waals surface area contributed by atoms with Gasteiger partial charge >= 0.3 is 0 Å². The highest BCUT2D eigenvalue weighted by Crippen LogP contribution is 2.05. The topological polar surface area (TPSA) is 139 Å². The first-order valence-electron chi connectivity index (χ1n) is 14.0. The van der Waals surface area contributed by atoms with Crippen molar-refractivity contribution < 1.29 is 14.4 Å². The van der Waals surface area contributed by atoms with E-state index in [2.05, 4.69) is 55.8 Å². The number of primary amides is 1. The van der Waals surface area contributed by atoms with Gasteiger partial charge in [0.15, 0.2) is 0 Å².